The first-order chi connectivity index (χ1) is 19.1. The molecule has 3 heterocycles. The van der Waals surface area contributed by atoms with Crippen LogP contribution in [-0.4, -0.2) is 59.9 Å². The Hall–Kier alpha value is -4.32. The topological polar surface area (TPSA) is 142 Å². The predicted octanol–water partition coefficient (Wildman–Crippen LogP) is 3.82. The van der Waals surface area contributed by atoms with Crippen LogP contribution in [0.5, 0.6) is 0 Å². The highest BCUT2D eigenvalue weighted by Gasteiger charge is 2.49. The second-order valence-corrected chi connectivity index (χ2v) is 10.8. The van der Waals surface area contributed by atoms with Crippen LogP contribution in [0.15, 0.2) is 58.3 Å². The number of nitrogens with one attached hydrogen (secondary N) is 3. The van der Waals surface area contributed by atoms with Crippen molar-refractivity contribution in [2.75, 3.05) is 19.8 Å². The molecule has 1 saturated heterocycles. The molecule has 0 saturated carbocycles. The van der Waals surface area contributed by atoms with Crippen molar-refractivity contribution in [3.8, 4) is 0 Å². The zero-order valence-corrected chi connectivity index (χ0v) is 22.3. The lowest BCUT2D eigenvalue weighted by atomic mass is 10.0. The minimum absolute atomic E-state index is 0.113. The van der Waals surface area contributed by atoms with Crippen LogP contribution in [0.2, 0.25) is 0 Å². The Balaban J connectivity index is 1.26. The number of hydrogen-bond donors (Lipinski definition) is 4. The van der Waals surface area contributed by atoms with Crippen LogP contribution in [0.1, 0.15) is 40.2 Å². The van der Waals surface area contributed by atoms with Crippen molar-refractivity contribution in [2.24, 2.45) is 5.73 Å². The van der Waals surface area contributed by atoms with Gasteiger partial charge in [-0.05, 0) is 37.3 Å². The minimum atomic E-state index is -2.37. The van der Waals surface area contributed by atoms with E-state index in [9.17, 15) is 18.8 Å². The van der Waals surface area contributed by atoms with Gasteiger partial charge in [0.25, 0.3) is 5.91 Å². The fraction of sp³-hybridized carbons (Fsp3) is 0.286. The van der Waals surface area contributed by atoms with Gasteiger partial charge in [-0.2, -0.15) is 0 Å². The number of benzene rings is 2. The molecule has 2 aromatic carbocycles. The van der Waals surface area contributed by atoms with E-state index >= 15 is 4.39 Å². The number of para-hydroxylation sites is 1. The second kappa shape index (κ2) is 10.7. The van der Waals surface area contributed by atoms with Crippen molar-refractivity contribution < 1.29 is 27.6 Å². The molecular weight excluding hydrogens is 540 g/mol. The molecule has 3 atom stereocenters. The summed E-state index contributed by atoms with van der Waals surface area (Å²) in [4.78, 5) is 40.6. The van der Waals surface area contributed by atoms with Gasteiger partial charge in [0.2, 0.25) is 11.8 Å². The van der Waals surface area contributed by atoms with Crippen LogP contribution in [0.25, 0.3) is 21.9 Å². The lowest BCUT2D eigenvalue weighted by molar-refractivity contribution is -0.138. The molecule has 208 valence electrons. The van der Waals surface area contributed by atoms with Gasteiger partial charge in [0.15, 0.2) is 5.67 Å². The maximum Gasteiger partial charge on any atom is 0.251 e. The summed E-state index contributed by atoms with van der Waals surface area (Å²) in [5, 5.41) is 16.2. The summed E-state index contributed by atoms with van der Waals surface area (Å²) in [6.45, 7) is -0.771. The van der Waals surface area contributed by atoms with Crippen molar-refractivity contribution in [1.29, 1.82) is 5.41 Å². The molecule has 1 fully saturated rings. The van der Waals surface area contributed by atoms with E-state index in [0.717, 1.165) is 15.7 Å². The lowest BCUT2D eigenvalue weighted by Crippen LogP contribution is -2.49. The van der Waals surface area contributed by atoms with E-state index in [0.29, 0.717) is 21.6 Å². The summed E-state index contributed by atoms with van der Waals surface area (Å²) >= 11 is 1.29. The van der Waals surface area contributed by atoms with Gasteiger partial charge in [-0.1, -0.05) is 18.2 Å². The van der Waals surface area contributed by atoms with E-state index in [2.05, 4.69) is 10.6 Å². The Bertz CT molecular complexity index is 1640. The zero-order valence-electron chi connectivity index (χ0n) is 21.5. The molecule has 0 unspecified atom stereocenters. The number of furan rings is 1. The molecule has 1 aliphatic rings. The van der Waals surface area contributed by atoms with E-state index in [1.54, 1.807) is 36.6 Å². The van der Waals surface area contributed by atoms with Crippen LogP contribution in [-0.2, 0) is 9.59 Å². The number of hydrogen-bond acceptors (Lipinski definition) is 6. The summed E-state index contributed by atoms with van der Waals surface area (Å²) in [7, 11) is 0. The molecule has 5 N–H and O–H groups in total. The van der Waals surface area contributed by atoms with Crippen LogP contribution < -0.4 is 16.4 Å². The summed E-state index contributed by atoms with van der Waals surface area (Å²) < 4.78 is 34.4. The zero-order chi connectivity index (χ0) is 28.6. The molecule has 0 aliphatic carbocycles. The highest BCUT2D eigenvalue weighted by atomic mass is 32.1. The Morgan fingerprint density at radius 3 is 2.65 bits per heavy atom. The van der Waals surface area contributed by atoms with E-state index in [1.807, 2.05) is 24.3 Å². The average Bonchev–Trinajstić information content (AvgIpc) is 3.67. The van der Waals surface area contributed by atoms with Gasteiger partial charge in [0.05, 0.1) is 19.1 Å². The highest BCUT2D eigenvalue weighted by Crippen LogP contribution is 2.33. The number of alkyl halides is 2. The van der Waals surface area contributed by atoms with Crippen LogP contribution >= 0.6 is 11.3 Å². The number of thiophene rings is 1. The maximum absolute atomic E-state index is 15.0. The molecule has 4 aromatic rings. The van der Waals surface area contributed by atoms with Crippen molar-refractivity contribution in [1.82, 2.24) is 15.5 Å². The van der Waals surface area contributed by atoms with Crippen molar-refractivity contribution >= 4 is 56.8 Å². The second-order valence-electron chi connectivity index (χ2n) is 9.90. The van der Waals surface area contributed by atoms with E-state index in [4.69, 9.17) is 15.6 Å². The van der Waals surface area contributed by atoms with Crippen LogP contribution in [0, 0.1) is 5.41 Å². The number of amides is 3. The standard InChI is InChI=1S/C28H27F2N5O4S/c1-15(23-9-17(12-40-23)25(31)32)34-27(38)20-10-28(30,13-29)14-35(20)24(36)11-33-26(37)16-6-7-19-18-4-2-3-5-21(18)39-22(19)8-16/h2-9,12,15,20H,10-11,13-14H2,1H3,(H3,31,32)(H,33,37)(H,34,38)/t15-,20+,28+/m1/s1. The molecule has 12 heteroatoms. The number of carbonyl (C=O) groups excluding carboxylic acids is 3. The number of halogens is 2. The van der Waals surface area contributed by atoms with Gasteiger partial charge >= 0.3 is 0 Å². The number of likely N-dealkylation sites (tertiary alicyclic amines) is 1. The molecular formula is C28H27F2N5O4S. The molecule has 40 heavy (non-hydrogen) atoms. The van der Waals surface area contributed by atoms with Gasteiger partial charge < -0.3 is 25.7 Å². The quantitative estimate of drug-likeness (QED) is 0.189. The average molecular weight is 568 g/mol. The fourth-order valence-electron chi connectivity index (χ4n) is 4.86. The van der Waals surface area contributed by atoms with Crippen molar-refractivity contribution in [3.05, 3.63) is 69.9 Å². The largest absolute Gasteiger partial charge is 0.456 e. The number of fused-ring (bicyclic) bond motifs is 3. The number of nitrogens with two attached hydrogens (primary N) is 1. The fourth-order valence-corrected chi connectivity index (χ4v) is 5.77. The van der Waals surface area contributed by atoms with E-state index < -0.39 is 61.7 Å². The third-order valence-electron chi connectivity index (χ3n) is 7.01. The molecule has 3 amide bonds. The molecule has 2 aromatic heterocycles. The number of nitrogens with zero attached hydrogens (tertiary/aromatic N) is 1. The smallest absolute Gasteiger partial charge is 0.251 e. The molecule has 0 bridgehead atoms. The SMILES string of the molecule is C[C@@H](NC(=O)[C@@H]1C[C@](F)(CF)CN1C(=O)CNC(=O)c1ccc2c(c1)oc1ccccc12)c1cc(C(=N)N)cs1. The van der Waals surface area contributed by atoms with Gasteiger partial charge in [-0.15, -0.1) is 11.3 Å². The number of amidine groups is 1. The minimum Gasteiger partial charge on any atom is -0.456 e. The summed E-state index contributed by atoms with van der Waals surface area (Å²) in [5.41, 5.74) is 5.08. The van der Waals surface area contributed by atoms with Crippen molar-refractivity contribution in [2.45, 2.75) is 31.1 Å². The number of carbonyl (C=O) groups is 3. The Labute approximate surface area is 231 Å². The van der Waals surface area contributed by atoms with Gasteiger partial charge in [0.1, 0.15) is 29.7 Å². The third-order valence-corrected chi connectivity index (χ3v) is 8.12. The first-order valence-corrected chi connectivity index (χ1v) is 13.4. The van der Waals surface area contributed by atoms with Crippen LogP contribution in [0.3, 0.4) is 0 Å². The maximum atomic E-state index is 15.0. The first kappa shape index (κ1) is 27.3. The summed E-state index contributed by atoms with van der Waals surface area (Å²) in [5.74, 6) is -2.03. The number of nitrogen functional groups attached to an aromatic ring is 1. The Morgan fingerprint density at radius 2 is 1.93 bits per heavy atom. The van der Waals surface area contributed by atoms with E-state index in [-0.39, 0.29) is 11.4 Å². The monoisotopic (exact) mass is 567 g/mol. The Kier molecular flexibility index (Phi) is 7.28. The van der Waals surface area contributed by atoms with Crippen molar-refractivity contribution in [3.63, 3.8) is 0 Å². The predicted molar refractivity (Wildman–Crippen MR) is 148 cm³/mol. The van der Waals surface area contributed by atoms with Crippen LogP contribution in [0.4, 0.5) is 8.78 Å². The highest BCUT2D eigenvalue weighted by molar-refractivity contribution is 7.10. The molecule has 0 radical (unpaired) electrons. The van der Waals surface area contributed by atoms with E-state index in [1.165, 1.54) is 11.3 Å². The molecule has 1 aliphatic heterocycles. The molecule has 9 nitrogen and oxygen atoms in total. The van der Waals surface area contributed by atoms with Gasteiger partial charge in [0, 0.05) is 38.6 Å². The summed E-state index contributed by atoms with van der Waals surface area (Å²) in [6, 6.07) is 12.3. The van der Waals surface area contributed by atoms with Gasteiger partial charge in [-0.3, -0.25) is 19.8 Å². The van der Waals surface area contributed by atoms with Gasteiger partial charge in [-0.25, -0.2) is 8.78 Å². The lowest BCUT2D eigenvalue weighted by Gasteiger charge is -2.25. The molecule has 5 rings (SSSR count). The number of rotatable bonds is 8. The molecule has 0 spiro atoms. The summed E-state index contributed by atoms with van der Waals surface area (Å²) in [6.07, 6.45) is -0.506. The Morgan fingerprint density at radius 1 is 1.18 bits per heavy atom. The normalized spacial score (nSPS) is 19.6. The first-order valence-electron chi connectivity index (χ1n) is 12.6. The third kappa shape index (κ3) is 5.26.